The van der Waals surface area contributed by atoms with Crippen molar-refractivity contribution in [2.75, 3.05) is 18.5 Å². The van der Waals surface area contributed by atoms with Crippen molar-refractivity contribution < 1.29 is 0 Å². The molecule has 0 unspecified atom stereocenters. The van der Waals surface area contributed by atoms with Crippen LogP contribution >= 0.6 is 0 Å². The van der Waals surface area contributed by atoms with Crippen LogP contribution < -0.4 is 10.6 Å². The summed E-state index contributed by atoms with van der Waals surface area (Å²) in [6, 6.07) is 0. The molecule has 2 N–H and O–H groups in total. The molecular formula is C15H26N4. The lowest BCUT2D eigenvalue weighted by atomic mass is 9.85. The highest BCUT2D eigenvalue weighted by Crippen LogP contribution is 2.32. The molecule has 0 aromatic carbocycles. The van der Waals surface area contributed by atoms with Gasteiger partial charge in [0.1, 0.15) is 0 Å². The molecule has 0 amide bonds. The Hall–Kier alpha value is -1.16. The van der Waals surface area contributed by atoms with Gasteiger partial charge in [-0.3, -0.25) is 0 Å². The molecule has 0 bridgehead atoms. The van der Waals surface area contributed by atoms with E-state index in [1.807, 2.05) is 38.2 Å². The fraction of sp³-hybridized carbons (Fsp3) is 0.733. The Morgan fingerprint density at radius 2 is 1.79 bits per heavy atom. The van der Waals surface area contributed by atoms with Crippen LogP contribution in [0.25, 0.3) is 0 Å². The third-order valence-corrected chi connectivity index (χ3v) is 3.72. The minimum Gasteiger partial charge on any atom is -0.342 e. The van der Waals surface area contributed by atoms with Crippen molar-refractivity contribution in [1.82, 2.24) is 9.97 Å². The van der Waals surface area contributed by atoms with E-state index in [4.69, 9.17) is 5.73 Å². The van der Waals surface area contributed by atoms with Crippen molar-refractivity contribution in [1.29, 1.82) is 0 Å². The monoisotopic (exact) mass is 262 g/mol. The van der Waals surface area contributed by atoms with Gasteiger partial charge in [0.25, 0.3) is 0 Å². The molecule has 4 nitrogen and oxygen atoms in total. The Bertz CT molecular complexity index is 388. The smallest absolute Gasteiger partial charge is 0.225 e. The molecule has 1 aromatic rings. The highest BCUT2D eigenvalue weighted by molar-refractivity contribution is 5.30. The van der Waals surface area contributed by atoms with Crippen LogP contribution in [0.2, 0.25) is 0 Å². The van der Waals surface area contributed by atoms with Crippen molar-refractivity contribution in [3.8, 4) is 0 Å². The van der Waals surface area contributed by atoms with Crippen molar-refractivity contribution in [3.05, 3.63) is 18.0 Å². The summed E-state index contributed by atoms with van der Waals surface area (Å²) in [7, 11) is 1.99. The van der Waals surface area contributed by atoms with Gasteiger partial charge in [0, 0.05) is 31.5 Å². The second kappa shape index (κ2) is 5.87. The summed E-state index contributed by atoms with van der Waals surface area (Å²) < 4.78 is 0. The van der Waals surface area contributed by atoms with Gasteiger partial charge in [0.05, 0.1) is 0 Å². The molecule has 1 saturated carbocycles. The van der Waals surface area contributed by atoms with Crippen molar-refractivity contribution >= 4 is 5.95 Å². The maximum absolute atomic E-state index is 6.02. The van der Waals surface area contributed by atoms with Gasteiger partial charge in [0.15, 0.2) is 0 Å². The number of nitrogens with two attached hydrogens (primary N) is 1. The number of aromatic nitrogens is 2. The average molecular weight is 262 g/mol. The van der Waals surface area contributed by atoms with Crippen molar-refractivity contribution in [2.24, 2.45) is 5.73 Å². The maximum atomic E-state index is 6.02. The first-order valence-corrected chi connectivity index (χ1v) is 7.28. The molecule has 19 heavy (non-hydrogen) atoms. The molecule has 0 radical (unpaired) electrons. The molecule has 2 rings (SSSR count). The predicted octanol–water partition coefficient (Wildman–Crippen LogP) is 2.70. The molecule has 1 aliphatic carbocycles. The topological polar surface area (TPSA) is 55.0 Å². The number of likely N-dealkylation sites (N-methyl/N-ethyl adjacent to an activating group) is 1. The summed E-state index contributed by atoms with van der Waals surface area (Å²) in [5, 5.41) is 0. The summed E-state index contributed by atoms with van der Waals surface area (Å²) in [4.78, 5) is 11.0. The SMILES string of the molecule is CN(CC(C)(C)N)c1ncc(C2CCCCC2)cn1. The van der Waals surface area contributed by atoms with Crippen molar-refractivity contribution in [3.63, 3.8) is 0 Å². The van der Waals surface area contributed by atoms with Crippen LogP contribution in [0.1, 0.15) is 57.4 Å². The van der Waals surface area contributed by atoms with E-state index >= 15 is 0 Å². The van der Waals surface area contributed by atoms with Gasteiger partial charge in [-0.05, 0) is 38.2 Å². The van der Waals surface area contributed by atoms with E-state index in [2.05, 4.69) is 9.97 Å². The highest BCUT2D eigenvalue weighted by atomic mass is 15.2. The van der Waals surface area contributed by atoms with Crippen LogP contribution in [-0.2, 0) is 0 Å². The lowest BCUT2D eigenvalue weighted by molar-refractivity contribution is 0.442. The minimum atomic E-state index is -0.236. The van der Waals surface area contributed by atoms with Crippen LogP contribution in [0.3, 0.4) is 0 Å². The first-order valence-electron chi connectivity index (χ1n) is 7.28. The molecule has 4 heteroatoms. The Labute approximate surface area is 116 Å². The zero-order valence-electron chi connectivity index (χ0n) is 12.4. The van der Waals surface area contributed by atoms with Gasteiger partial charge in [-0.1, -0.05) is 19.3 Å². The zero-order chi connectivity index (χ0) is 13.9. The van der Waals surface area contributed by atoms with Gasteiger partial charge in [0.2, 0.25) is 5.95 Å². The lowest BCUT2D eigenvalue weighted by Gasteiger charge is -2.27. The van der Waals surface area contributed by atoms with Crippen molar-refractivity contribution in [2.45, 2.75) is 57.4 Å². The molecule has 106 valence electrons. The van der Waals surface area contributed by atoms with Crippen LogP contribution in [0, 0.1) is 0 Å². The molecule has 1 heterocycles. The maximum Gasteiger partial charge on any atom is 0.225 e. The largest absolute Gasteiger partial charge is 0.342 e. The fourth-order valence-electron chi connectivity index (χ4n) is 2.86. The predicted molar refractivity (Wildman–Crippen MR) is 79.4 cm³/mol. The normalized spacial score (nSPS) is 17.5. The van der Waals surface area contributed by atoms with E-state index in [1.54, 1.807) is 0 Å². The molecule has 1 aromatic heterocycles. The molecule has 1 fully saturated rings. The van der Waals surface area contributed by atoms with Crippen LogP contribution in [0.15, 0.2) is 12.4 Å². The average Bonchev–Trinajstić information content (AvgIpc) is 2.38. The summed E-state index contributed by atoms with van der Waals surface area (Å²) >= 11 is 0. The van der Waals surface area contributed by atoms with Gasteiger partial charge in [-0.2, -0.15) is 0 Å². The number of nitrogens with zero attached hydrogens (tertiary/aromatic N) is 3. The molecular weight excluding hydrogens is 236 g/mol. The van der Waals surface area contributed by atoms with Crippen LogP contribution in [0.4, 0.5) is 5.95 Å². The fourth-order valence-corrected chi connectivity index (χ4v) is 2.86. The summed E-state index contributed by atoms with van der Waals surface area (Å²) in [6.07, 6.45) is 10.6. The minimum absolute atomic E-state index is 0.236. The van der Waals surface area contributed by atoms with E-state index in [0.717, 1.165) is 12.5 Å². The Morgan fingerprint density at radius 1 is 1.21 bits per heavy atom. The highest BCUT2D eigenvalue weighted by Gasteiger charge is 2.18. The second-order valence-corrected chi connectivity index (χ2v) is 6.50. The van der Waals surface area contributed by atoms with E-state index in [1.165, 1.54) is 37.7 Å². The van der Waals surface area contributed by atoms with Gasteiger partial charge < -0.3 is 10.6 Å². The third-order valence-electron chi connectivity index (χ3n) is 3.72. The lowest BCUT2D eigenvalue weighted by Crippen LogP contribution is -2.44. The zero-order valence-corrected chi connectivity index (χ0v) is 12.4. The number of anilines is 1. The molecule has 0 saturated heterocycles. The summed E-state index contributed by atoms with van der Waals surface area (Å²) in [5.74, 6) is 1.43. The quantitative estimate of drug-likeness (QED) is 0.906. The van der Waals surface area contributed by atoms with E-state index < -0.39 is 0 Å². The summed E-state index contributed by atoms with van der Waals surface area (Å²) in [5.41, 5.74) is 7.08. The number of hydrogen-bond acceptors (Lipinski definition) is 4. The van der Waals surface area contributed by atoms with Crippen LogP contribution in [0.5, 0.6) is 0 Å². The Morgan fingerprint density at radius 3 is 2.32 bits per heavy atom. The van der Waals surface area contributed by atoms with Gasteiger partial charge in [-0.25, -0.2) is 9.97 Å². The van der Waals surface area contributed by atoms with E-state index in [0.29, 0.717) is 5.92 Å². The number of rotatable bonds is 4. The third kappa shape index (κ3) is 4.16. The summed E-state index contributed by atoms with van der Waals surface area (Å²) in [6.45, 7) is 4.77. The van der Waals surface area contributed by atoms with E-state index in [-0.39, 0.29) is 5.54 Å². The van der Waals surface area contributed by atoms with Gasteiger partial charge in [-0.15, -0.1) is 0 Å². The first-order chi connectivity index (χ1) is 8.96. The standard InChI is InChI=1S/C15H26N4/c1-15(2,16)11-19(3)14-17-9-13(10-18-14)12-7-5-4-6-8-12/h9-10,12H,4-8,11,16H2,1-3H3. The first kappa shape index (κ1) is 14.3. The molecule has 0 aliphatic heterocycles. The molecule has 0 atom stereocenters. The van der Waals surface area contributed by atoms with E-state index in [9.17, 15) is 0 Å². The molecule has 0 spiro atoms. The molecule has 1 aliphatic rings. The van der Waals surface area contributed by atoms with Crippen LogP contribution in [-0.4, -0.2) is 29.1 Å². The Balaban J connectivity index is 2.01. The second-order valence-electron chi connectivity index (χ2n) is 6.50. The number of hydrogen-bond donors (Lipinski definition) is 1. The van der Waals surface area contributed by atoms with Gasteiger partial charge >= 0.3 is 0 Å². The Kier molecular flexibility index (Phi) is 4.40.